The van der Waals surface area contributed by atoms with Gasteiger partial charge in [0.05, 0.1) is 12.8 Å². The number of amidine groups is 1. The highest BCUT2D eigenvalue weighted by Gasteiger charge is 2.32. The molecule has 3 aromatic rings. The lowest BCUT2D eigenvalue weighted by Crippen LogP contribution is -2.32. The van der Waals surface area contributed by atoms with Crippen molar-refractivity contribution in [3.8, 4) is 5.75 Å². The van der Waals surface area contributed by atoms with Crippen LogP contribution in [0.3, 0.4) is 0 Å². The predicted octanol–water partition coefficient (Wildman–Crippen LogP) is 4.81. The molecule has 0 N–H and O–H groups in total. The molecular formula is C23H16F2N2O2. The van der Waals surface area contributed by atoms with Gasteiger partial charge in [-0.05, 0) is 60.7 Å². The fraction of sp³-hybridized carbons (Fsp3) is 0.0435. The Labute approximate surface area is 166 Å². The van der Waals surface area contributed by atoms with E-state index in [-0.39, 0.29) is 11.3 Å². The Morgan fingerprint density at radius 1 is 0.931 bits per heavy atom. The van der Waals surface area contributed by atoms with Crippen LogP contribution in [-0.2, 0) is 4.79 Å². The van der Waals surface area contributed by atoms with Gasteiger partial charge in [0, 0.05) is 11.1 Å². The molecule has 3 aromatic carbocycles. The lowest BCUT2D eigenvalue weighted by molar-refractivity contribution is -0.113. The second-order valence-electron chi connectivity index (χ2n) is 6.33. The van der Waals surface area contributed by atoms with Gasteiger partial charge in [-0.2, -0.15) is 0 Å². The van der Waals surface area contributed by atoms with Crippen LogP contribution in [0.2, 0.25) is 0 Å². The largest absolute Gasteiger partial charge is 0.497 e. The number of halogens is 2. The second-order valence-corrected chi connectivity index (χ2v) is 6.33. The summed E-state index contributed by atoms with van der Waals surface area (Å²) in [7, 11) is 1.56. The molecule has 0 spiro atoms. The van der Waals surface area contributed by atoms with Gasteiger partial charge in [0.25, 0.3) is 5.91 Å². The van der Waals surface area contributed by atoms with Crippen molar-refractivity contribution in [2.24, 2.45) is 4.99 Å². The smallest absolute Gasteiger partial charge is 0.282 e. The molecule has 144 valence electrons. The van der Waals surface area contributed by atoms with E-state index in [9.17, 15) is 13.6 Å². The highest BCUT2D eigenvalue weighted by molar-refractivity contribution is 6.33. The lowest BCUT2D eigenvalue weighted by Gasteiger charge is -2.18. The maximum Gasteiger partial charge on any atom is 0.282 e. The Bertz CT molecular complexity index is 1120. The predicted molar refractivity (Wildman–Crippen MR) is 108 cm³/mol. The van der Waals surface area contributed by atoms with Crippen molar-refractivity contribution in [2.75, 3.05) is 12.0 Å². The fourth-order valence-corrected chi connectivity index (χ4v) is 3.02. The number of ether oxygens (including phenoxy) is 1. The van der Waals surface area contributed by atoms with Crippen molar-refractivity contribution in [1.82, 2.24) is 0 Å². The number of hydrogen-bond donors (Lipinski definition) is 0. The van der Waals surface area contributed by atoms with E-state index >= 15 is 0 Å². The van der Waals surface area contributed by atoms with Crippen LogP contribution in [0.15, 0.2) is 83.5 Å². The summed E-state index contributed by atoms with van der Waals surface area (Å²) in [5.41, 5.74) is 1.48. The minimum absolute atomic E-state index is 0.0882. The molecule has 1 aliphatic heterocycles. The Morgan fingerprint density at radius 2 is 1.62 bits per heavy atom. The monoisotopic (exact) mass is 390 g/mol. The van der Waals surface area contributed by atoms with Crippen molar-refractivity contribution in [3.05, 3.63) is 101 Å². The molecule has 0 aliphatic carbocycles. The van der Waals surface area contributed by atoms with Crippen LogP contribution >= 0.6 is 0 Å². The van der Waals surface area contributed by atoms with Gasteiger partial charge in [-0.3, -0.25) is 9.69 Å². The number of nitrogens with zero attached hydrogens (tertiary/aromatic N) is 2. The number of hydrogen-bond acceptors (Lipinski definition) is 3. The summed E-state index contributed by atoms with van der Waals surface area (Å²) in [6.07, 6.45) is 1.41. The van der Waals surface area contributed by atoms with Gasteiger partial charge in [0.1, 0.15) is 28.9 Å². The zero-order chi connectivity index (χ0) is 20.4. The Balaban J connectivity index is 1.82. The molecule has 0 atom stereocenters. The molecule has 0 bridgehead atoms. The summed E-state index contributed by atoms with van der Waals surface area (Å²) >= 11 is 0. The minimum Gasteiger partial charge on any atom is -0.497 e. The van der Waals surface area contributed by atoms with Gasteiger partial charge < -0.3 is 4.74 Å². The zero-order valence-electron chi connectivity index (χ0n) is 15.5. The van der Waals surface area contributed by atoms with E-state index in [4.69, 9.17) is 4.74 Å². The van der Waals surface area contributed by atoms with Crippen LogP contribution in [0, 0.1) is 11.6 Å². The van der Waals surface area contributed by atoms with Crippen LogP contribution in [-0.4, -0.2) is 18.9 Å². The van der Waals surface area contributed by atoms with E-state index in [2.05, 4.69) is 4.99 Å². The average Bonchev–Trinajstić information content (AvgIpc) is 3.06. The lowest BCUT2D eigenvalue weighted by atomic mass is 10.1. The molecule has 0 fully saturated rings. The first-order valence-electron chi connectivity index (χ1n) is 8.86. The molecule has 4 nitrogen and oxygen atoms in total. The van der Waals surface area contributed by atoms with Crippen LogP contribution in [0.1, 0.15) is 11.1 Å². The van der Waals surface area contributed by atoms with Gasteiger partial charge in [0.15, 0.2) is 0 Å². The number of anilines is 1. The molecule has 0 saturated carbocycles. The maximum atomic E-state index is 14.1. The number of benzene rings is 3. The van der Waals surface area contributed by atoms with Crippen molar-refractivity contribution >= 4 is 23.5 Å². The highest BCUT2D eigenvalue weighted by Crippen LogP contribution is 2.29. The first kappa shape index (κ1) is 18.6. The number of rotatable bonds is 4. The molecule has 0 aromatic heterocycles. The number of carbonyl (C=O) groups excluding carboxylic acids is 1. The topological polar surface area (TPSA) is 41.9 Å². The summed E-state index contributed by atoms with van der Waals surface area (Å²) < 4.78 is 32.6. The van der Waals surface area contributed by atoms with Crippen molar-refractivity contribution in [2.45, 2.75) is 0 Å². The third-order valence-electron chi connectivity index (χ3n) is 4.49. The zero-order valence-corrected chi connectivity index (χ0v) is 15.5. The number of aliphatic imine (C=N–C) groups is 1. The summed E-state index contributed by atoms with van der Waals surface area (Å²) in [6, 6.07) is 18.7. The maximum absolute atomic E-state index is 14.1. The number of amides is 1. The fourth-order valence-electron chi connectivity index (χ4n) is 3.02. The Kier molecular flexibility index (Phi) is 4.91. The van der Waals surface area contributed by atoms with E-state index in [0.717, 1.165) is 0 Å². The molecule has 1 heterocycles. The molecule has 4 rings (SSSR count). The van der Waals surface area contributed by atoms with E-state index < -0.39 is 17.5 Å². The Hall–Kier alpha value is -3.80. The van der Waals surface area contributed by atoms with Crippen molar-refractivity contribution < 1.29 is 18.3 Å². The molecule has 6 heteroatoms. The van der Waals surface area contributed by atoms with Crippen molar-refractivity contribution in [1.29, 1.82) is 0 Å². The third kappa shape index (κ3) is 3.65. The molecule has 29 heavy (non-hydrogen) atoms. The molecular weight excluding hydrogens is 374 g/mol. The van der Waals surface area contributed by atoms with Crippen LogP contribution < -0.4 is 9.64 Å². The van der Waals surface area contributed by atoms with Crippen LogP contribution in [0.4, 0.5) is 14.5 Å². The Morgan fingerprint density at radius 3 is 2.28 bits per heavy atom. The summed E-state index contributed by atoms with van der Waals surface area (Å²) in [5, 5.41) is 0. The van der Waals surface area contributed by atoms with Gasteiger partial charge in [-0.15, -0.1) is 0 Å². The summed E-state index contributed by atoms with van der Waals surface area (Å²) in [6.45, 7) is 0. The minimum atomic E-state index is -0.450. The van der Waals surface area contributed by atoms with Crippen molar-refractivity contribution in [3.63, 3.8) is 0 Å². The first-order valence-corrected chi connectivity index (χ1v) is 8.86. The number of carbonyl (C=O) groups is 1. The van der Waals surface area contributed by atoms with E-state index in [1.165, 1.54) is 41.3 Å². The molecule has 1 aliphatic rings. The van der Waals surface area contributed by atoms with E-state index in [1.54, 1.807) is 49.6 Å². The average molecular weight is 390 g/mol. The third-order valence-corrected chi connectivity index (χ3v) is 4.49. The normalized spacial score (nSPS) is 15.0. The molecule has 0 radical (unpaired) electrons. The molecule has 0 saturated heterocycles. The van der Waals surface area contributed by atoms with Crippen LogP contribution in [0.25, 0.3) is 6.08 Å². The quantitative estimate of drug-likeness (QED) is 0.600. The van der Waals surface area contributed by atoms with E-state index in [0.29, 0.717) is 22.8 Å². The first-order chi connectivity index (χ1) is 14.1. The summed E-state index contributed by atoms with van der Waals surface area (Å²) in [4.78, 5) is 19.0. The molecule has 1 amide bonds. The SMILES string of the molecule is COc1ccc(C2=N/C(=C/c3ccccc3F)C(=O)N2c2ccc(F)cc2)cc1. The number of methoxy groups -OCH3 is 1. The standard InChI is InChI=1S/C23H16F2N2O2/c1-29-19-12-6-15(7-13-19)22-26-21(14-16-4-2-3-5-20(16)25)23(28)27(22)18-10-8-17(24)9-11-18/h2-14H,1H3/b21-14+. The molecule has 0 unspecified atom stereocenters. The van der Waals surface area contributed by atoms with Gasteiger partial charge in [0.2, 0.25) is 0 Å². The second kappa shape index (κ2) is 7.67. The van der Waals surface area contributed by atoms with Gasteiger partial charge in [-0.25, -0.2) is 13.8 Å². The highest BCUT2D eigenvalue weighted by atomic mass is 19.1. The van der Waals surface area contributed by atoms with Gasteiger partial charge in [-0.1, -0.05) is 18.2 Å². The van der Waals surface area contributed by atoms with Gasteiger partial charge >= 0.3 is 0 Å². The summed E-state index contributed by atoms with van der Waals surface area (Å²) in [5.74, 6) is -0.258. The van der Waals surface area contributed by atoms with Crippen LogP contribution in [0.5, 0.6) is 5.75 Å². The van der Waals surface area contributed by atoms with E-state index in [1.807, 2.05) is 0 Å².